The number of aliphatic hydroxyl groups excluding tert-OH is 1. The largest absolute Gasteiger partial charge is 0.508 e. The average Bonchev–Trinajstić information content (AvgIpc) is 1.73. The summed E-state index contributed by atoms with van der Waals surface area (Å²) in [5.41, 5.74) is 18.6. The quantitative estimate of drug-likeness (QED) is 0.00619. The zero-order valence-corrected chi connectivity index (χ0v) is 53.6. The summed E-state index contributed by atoms with van der Waals surface area (Å²) in [5.74, 6) is -3.81. The summed E-state index contributed by atoms with van der Waals surface area (Å²) >= 11 is 0. The fraction of sp³-hybridized carbons (Fsp3) is 0.422. The number of imidazole rings is 1. The molecule has 33 nitrogen and oxygen atoms in total. The molecule has 97 heavy (non-hydrogen) atoms. The van der Waals surface area contributed by atoms with Gasteiger partial charge in [0.15, 0.2) is 5.96 Å². The maximum Gasteiger partial charge on any atom is 0.254 e. The third kappa shape index (κ3) is 20.3. The van der Waals surface area contributed by atoms with Crippen LogP contribution in [-0.4, -0.2) is 187 Å². The lowest BCUT2D eigenvalue weighted by Crippen LogP contribution is -2.61. The fourth-order valence-electron chi connectivity index (χ4n) is 11.6. The van der Waals surface area contributed by atoms with Crippen molar-refractivity contribution in [2.45, 2.75) is 139 Å². The van der Waals surface area contributed by atoms with Gasteiger partial charge in [-0.2, -0.15) is 5.53 Å². The van der Waals surface area contributed by atoms with Gasteiger partial charge in [-0.15, -0.1) is 0 Å². The summed E-state index contributed by atoms with van der Waals surface area (Å²) in [7, 11) is 0. The highest BCUT2D eigenvalue weighted by atomic mass is 16.3. The lowest BCUT2D eigenvalue weighted by Gasteiger charge is -2.30. The Morgan fingerprint density at radius 2 is 1.21 bits per heavy atom. The molecule has 2 fully saturated rings. The number of aromatic hydroxyl groups is 1. The van der Waals surface area contributed by atoms with Crippen LogP contribution in [-0.2, 0) is 78.4 Å². The van der Waals surface area contributed by atoms with Crippen LogP contribution in [0.5, 0.6) is 5.75 Å². The van der Waals surface area contributed by atoms with Crippen molar-refractivity contribution in [2.24, 2.45) is 28.2 Å². The van der Waals surface area contributed by atoms with Crippen LogP contribution in [0.2, 0.25) is 0 Å². The molecular formula is C64H84N20O13. The van der Waals surface area contributed by atoms with Gasteiger partial charge in [-0.05, 0) is 85.4 Å². The first-order chi connectivity index (χ1) is 46.6. The minimum atomic E-state index is -1.81. The van der Waals surface area contributed by atoms with E-state index in [1.54, 1.807) is 74.8 Å². The second-order valence-corrected chi connectivity index (χ2v) is 24.2. The number of amides is 11. The number of nitrogens with two attached hydrogens (primary N) is 3. The first-order valence-electron chi connectivity index (χ1n) is 31.8. The Hall–Kier alpha value is -10.9. The van der Waals surface area contributed by atoms with Crippen LogP contribution in [0.15, 0.2) is 103 Å². The molecule has 0 radical (unpaired) electrons. The van der Waals surface area contributed by atoms with Crippen molar-refractivity contribution in [2.75, 3.05) is 26.2 Å². The molecule has 3 aromatic heterocycles. The predicted molar refractivity (Wildman–Crippen MR) is 352 cm³/mol. The van der Waals surface area contributed by atoms with E-state index in [-0.39, 0.29) is 101 Å². The smallest absolute Gasteiger partial charge is 0.254 e. The monoisotopic (exact) mass is 1340 g/mol. The van der Waals surface area contributed by atoms with Gasteiger partial charge in [0, 0.05) is 91.3 Å². The van der Waals surface area contributed by atoms with Crippen LogP contribution in [0.1, 0.15) is 81.2 Å². The Kier molecular flexibility index (Phi) is 25.6. The van der Waals surface area contributed by atoms with E-state index in [0.717, 1.165) is 0 Å². The minimum Gasteiger partial charge on any atom is -0.508 e. The standard InChI is InChI=1S/C64H84N20O13/c1-34(2)23-46(56(90)75-45(13-7-21-69-64(65)66)63(97)84-22-8-14-52(84)62(96)72-31-54(88)82-83-67)76-58(92)48(25-36-28-70-42-11-5-3-9-40(36)42)78-57(91)47(24-35-15-17-39(86)18-16-35)77-61(95)51(32-85)81-59(93)49(26-37-29-71-43-12-6-4-10-41(37)43)79-60(94)50(27-38-30-68-33-73-38)80-55(89)44-19-20-53(87)74-44/h3-6,9-12,15-18,28-30,33-34,44-52,70-71,83,85-86H,7-8,13-14,19-27,31-32,67H2,1-2H3,(H,68,73)(H,72,96)(H,74,87)(H,75,90)(H,76,92)(H,77,95)(H,78,91)(H,79,94)(H,80,89)(H,81,93)(H,82,88)(H4,65,66,69)/t44-,45-,46-,47-,48-,49-,50-,51-,52-/m0/s1. The van der Waals surface area contributed by atoms with Crippen LogP contribution in [0.25, 0.3) is 21.8 Å². The number of H-pyrrole nitrogens is 3. The highest BCUT2D eigenvalue weighted by Gasteiger charge is 2.40. The number of nitrogens with one attached hydrogen (secondary N) is 14. The number of nitrogens with zero attached hydrogens (tertiary/aromatic N) is 3. The van der Waals surface area contributed by atoms with Gasteiger partial charge in [0.2, 0.25) is 59.1 Å². The molecule has 0 saturated carbocycles. The number of hydrazine groups is 2. The summed E-state index contributed by atoms with van der Waals surface area (Å²) in [6.45, 7) is 2.30. The van der Waals surface area contributed by atoms with Crippen LogP contribution in [0.3, 0.4) is 0 Å². The minimum absolute atomic E-state index is 0.0124. The van der Waals surface area contributed by atoms with Gasteiger partial charge in [0.05, 0.1) is 19.5 Å². The molecule has 9 atom stereocenters. The van der Waals surface area contributed by atoms with Gasteiger partial charge in [-0.1, -0.05) is 62.4 Å². The first kappa shape index (κ1) is 71.9. The van der Waals surface area contributed by atoms with Crippen molar-refractivity contribution < 1.29 is 63.0 Å². The Morgan fingerprint density at radius 3 is 1.75 bits per heavy atom. The maximum atomic E-state index is 15.1. The number of carbonyl (C=O) groups excluding carboxylic acids is 11. The van der Waals surface area contributed by atoms with Gasteiger partial charge >= 0.3 is 0 Å². The average molecular weight is 1340 g/mol. The lowest BCUT2D eigenvalue weighted by molar-refractivity contribution is -0.142. The van der Waals surface area contributed by atoms with E-state index >= 15 is 9.59 Å². The Labute approximate surface area is 556 Å². The van der Waals surface area contributed by atoms with E-state index in [2.05, 4.69) is 78.2 Å². The van der Waals surface area contributed by atoms with E-state index in [9.17, 15) is 53.4 Å². The summed E-state index contributed by atoms with van der Waals surface area (Å²) < 4.78 is 0. The third-order valence-electron chi connectivity index (χ3n) is 16.6. The van der Waals surface area contributed by atoms with Gasteiger partial charge in [0.1, 0.15) is 60.1 Å². The molecule has 0 bridgehead atoms. The maximum absolute atomic E-state index is 15.1. The molecule has 22 N–H and O–H groups in total. The van der Waals surface area contributed by atoms with Crippen molar-refractivity contribution in [1.29, 1.82) is 0 Å². The number of hydrogen-bond acceptors (Lipinski definition) is 17. The highest BCUT2D eigenvalue weighted by Crippen LogP contribution is 2.24. The molecule has 33 heteroatoms. The van der Waals surface area contributed by atoms with Gasteiger partial charge < -0.3 is 89.4 Å². The van der Waals surface area contributed by atoms with Crippen molar-refractivity contribution in [3.05, 3.63) is 120 Å². The molecular weight excluding hydrogens is 1260 g/mol. The number of carbonyl (C=O) groups is 11. The Morgan fingerprint density at radius 1 is 0.660 bits per heavy atom. The number of phenols is 1. The molecule has 11 amide bonds. The van der Waals surface area contributed by atoms with E-state index in [1.807, 2.05) is 5.53 Å². The van der Waals surface area contributed by atoms with Crippen LogP contribution in [0, 0.1) is 5.92 Å². The molecule has 2 aliphatic heterocycles. The first-order valence-corrected chi connectivity index (χ1v) is 31.8. The topological polar surface area (TPSA) is 514 Å². The van der Waals surface area contributed by atoms with Crippen LogP contribution >= 0.6 is 0 Å². The molecule has 518 valence electrons. The number of aromatic nitrogens is 4. The second kappa shape index (κ2) is 34.5. The number of hydrogen-bond donors (Lipinski definition) is 19. The summed E-state index contributed by atoms with van der Waals surface area (Å²) in [6, 6.07) is 7.69. The van der Waals surface area contributed by atoms with E-state index < -0.39 is 127 Å². The highest BCUT2D eigenvalue weighted by molar-refractivity contribution is 6.00. The van der Waals surface area contributed by atoms with Gasteiger partial charge in [-0.25, -0.2) is 4.98 Å². The molecule has 3 aromatic carbocycles. The molecule has 8 rings (SSSR count). The lowest BCUT2D eigenvalue weighted by atomic mass is 9.99. The number of benzene rings is 3. The number of aliphatic hydroxyl groups is 1. The Balaban J connectivity index is 1.05. The summed E-state index contributed by atoms with van der Waals surface area (Å²) in [5, 5.41) is 46.6. The van der Waals surface area contributed by atoms with E-state index in [0.29, 0.717) is 50.6 Å². The molecule has 0 spiro atoms. The predicted octanol–water partition coefficient (Wildman–Crippen LogP) is -3.29. The number of para-hydroxylation sites is 2. The number of aliphatic imine (C=N–C) groups is 1. The zero-order chi connectivity index (χ0) is 69.7. The number of phenolic OH excluding ortho intramolecular Hbond substituents is 1. The number of rotatable bonds is 34. The summed E-state index contributed by atoms with van der Waals surface area (Å²) in [6.07, 6.45) is 6.43. The number of likely N-dealkylation sites (tertiary alicyclic amines) is 1. The fourth-order valence-corrected chi connectivity index (χ4v) is 11.6. The molecule has 0 unspecified atom stereocenters. The molecule has 2 saturated heterocycles. The van der Waals surface area contributed by atoms with Crippen LogP contribution in [0.4, 0.5) is 0 Å². The zero-order valence-electron chi connectivity index (χ0n) is 53.6. The van der Waals surface area contributed by atoms with E-state index in [1.165, 1.54) is 41.7 Å². The third-order valence-corrected chi connectivity index (χ3v) is 16.6. The second-order valence-electron chi connectivity index (χ2n) is 24.2. The van der Waals surface area contributed by atoms with Crippen molar-refractivity contribution in [3.63, 3.8) is 0 Å². The van der Waals surface area contributed by atoms with Crippen molar-refractivity contribution >= 4 is 92.7 Å². The molecule has 0 aliphatic carbocycles. The van der Waals surface area contributed by atoms with Gasteiger partial charge in [-0.3, -0.25) is 69.0 Å². The number of fused-ring (bicyclic) bond motifs is 2. The molecule has 6 aromatic rings. The van der Waals surface area contributed by atoms with Gasteiger partial charge in [0.25, 0.3) is 5.91 Å². The Bertz CT molecular complexity index is 3790. The molecule has 5 heterocycles. The van der Waals surface area contributed by atoms with Crippen molar-refractivity contribution in [3.8, 4) is 5.75 Å². The normalized spacial score (nSPS) is 16.5. The summed E-state index contributed by atoms with van der Waals surface area (Å²) in [4.78, 5) is 173. The van der Waals surface area contributed by atoms with E-state index in [4.69, 9.17) is 17.3 Å². The SMILES string of the molecule is CC(C)C[C@H](NC(=O)[C@H](Cc1c[nH]c2ccccc12)NC(=O)[C@H](Cc1ccc(O)cc1)NC(=O)[C@H](CO)NC(=O)[C@H](Cc1c[nH]c2ccccc12)NC(=O)[C@H](Cc1cnc[nH]1)NC(=O)[C@@H]1CCC(=O)N1)C(=O)N[C@@H](CCCN=C(N)N)C(=O)N1CCC[C@H]1C(=O)NCC(=O)NNN. The van der Waals surface area contributed by atoms with Crippen LogP contribution < -0.4 is 76.1 Å². The molecule has 2 aliphatic rings. The number of guanidine groups is 1. The number of aromatic amines is 3. The van der Waals surface area contributed by atoms with Crippen molar-refractivity contribution in [1.82, 2.24) is 83.6 Å².